The monoisotopic (exact) mass is 358 g/mol. The van der Waals surface area contributed by atoms with Crippen LogP contribution in [-0.2, 0) is 27.3 Å². The van der Waals surface area contributed by atoms with E-state index in [1.807, 2.05) is 10.9 Å². The summed E-state index contributed by atoms with van der Waals surface area (Å²) in [5, 5.41) is 4.37. The van der Waals surface area contributed by atoms with Crippen LogP contribution in [0.5, 0.6) is 0 Å². The van der Waals surface area contributed by atoms with Gasteiger partial charge in [0.2, 0.25) is 0 Å². The van der Waals surface area contributed by atoms with Crippen molar-refractivity contribution in [2.24, 2.45) is 0 Å². The van der Waals surface area contributed by atoms with Crippen LogP contribution in [0.15, 0.2) is 6.20 Å². The fourth-order valence-corrected chi connectivity index (χ4v) is 2.46. The third kappa shape index (κ3) is 4.79. The summed E-state index contributed by atoms with van der Waals surface area (Å²) < 4.78 is 29.0. The van der Waals surface area contributed by atoms with Gasteiger partial charge in [-0.25, -0.2) is 0 Å². The number of aromatic nitrogens is 2. The Morgan fingerprint density at radius 3 is 2.75 bits per heavy atom. The number of hydrogen-bond donors (Lipinski definition) is 0. The SMILES string of the molecule is CCc1nn(CCCOS(C)(=O)=O)cc1I. The largest absolute Gasteiger partial charge is 0.271 e. The first-order valence-electron chi connectivity index (χ1n) is 4.98. The van der Waals surface area contributed by atoms with E-state index in [9.17, 15) is 8.42 Å². The number of nitrogens with zero attached hydrogens (tertiary/aromatic N) is 2. The Balaban J connectivity index is 2.38. The van der Waals surface area contributed by atoms with Gasteiger partial charge in [0.25, 0.3) is 10.1 Å². The molecule has 16 heavy (non-hydrogen) atoms. The van der Waals surface area contributed by atoms with Gasteiger partial charge in [-0.2, -0.15) is 13.5 Å². The molecule has 92 valence electrons. The molecule has 1 rings (SSSR count). The van der Waals surface area contributed by atoms with Crippen molar-refractivity contribution in [3.8, 4) is 0 Å². The molecule has 1 aromatic rings. The molecular weight excluding hydrogens is 343 g/mol. The van der Waals surface area contributed by atoms with Gasteiger partial charge in [-0.15, -0.1) is 0 Å². The lowest BCUT2D eigenvalue weighted by Gasteiger charge is -2.01. The van der Waals surface area contributed by atoms with E-state index in [2.05, 4.69) is 38.8 Å². The average Bonchev–Trinajstić information content (AvgIpc) is 2.52. The molecule has 0 aromatic carbocycles. The molecule has 0 aliphatic heterocycles. The summed E-state index contributed by atoms with van der Waals surface area (Å²) in [4.78, 5) is 0. The Bertz CT molecular complexity index is 442. The highest BCUT2D eigenvalue weighted by atomic mass is 127. The van der Waals surface area contributed by atoms with Crippen LogP contribution < -0.4 is 0 Å². The molecule has 7 heteroatoms. The van der Waals surface area contributed by atoms with E-state index < -0.39 is 10.1 Å². The normalized spacial score (nSPS) is 11.9. The van der Waals surface area contributed by atoms with Crippen molar-refractivity contribution in [1.29, 1.82) is 0 Å². The minimum Gasteiger partial charge on any atom is -0.271 e. The maximum absolute atomic E-state index is 10.7. The Hall–Kier alpha value is -0.150. The molecule has 5 nitrogen and oxygen atoms in total. The second-order valence-electron chi connectivity index (χ2n) is 3.42. The molecule has 0 saturated heterocycles. The highest BCUT2D eigenvalue weighted by molar-refractivity contribution is 14.1. The highest BCUT2D eigenvalue weighted by Crippen LogP contribution is 2.10. The van der Waals surface area contributed by atoms with E-state index in [0.29, 0.717) is 13.0 Å². The average molecular weight is 358 g/mol. The number of hydrogen-bond acceptors (Lipinski definition) is 4. The first-order chi connectivity index (χ1) is 7.42. The Labute approximate surface area is 109 Å². The molecule has 1 heterocycles. The molecule has 0 fully saturated rings. The summed E-state index contributed by atoms with van der Waals surface area (Å²) in [5.41, 5.74) is 1.07. The Morgan fingerprint density at radius 1 is 1.56 bits per heavy atom. The van der Waals surface area contributed by atoms with Crippen LogP contribution in [0.1, 0.15) is 19.0 Å². The van der Waals surface area contributed by atoms with Crippen LogP contribution in [0.25, 0.3) is 0 Å². The van der Waals surface area contributed by atoms with Crippen molar-refractivity contribution in [2.75, 3.05) is 12.9 Å². The lowest BCUT2D eigenvalue weighted by molar-refractivity contribution is 0.304. The van der Waals surface area contributed by atoms with Crippen LogP contribution >= 0.6 is 22.6 Å². The van der Waals surface area contributed by atoms with E-state index in [1.165, 1.54) is 0 Å². The van der Waals surface area contributed by atoms with E-state index in [4.69, 9.17) is 0 Å². The fourth-order valence-electron chi connectivity index (χ4n) is 1.23. The Kier molecular flexibility index (Phi) is 5.19. The summed E-state index contributed by atoms with van der Waals surface area (Å²) in [7, 11) is -3.32. The number of rotatable bonds is 6. The molecule has 0 aliphatic carbocycles. The number of aryl methyl sites for hydroxylation is 2. The maximum atomic E-state index is 10.7. The zero-order valence-electron chi connectivity index (χ0n) is 9.31. The van der Waals surface area contributed by atoms with Gasteiger partial charge in [0.05, 0.1) is 22.1 Å². The van der Waals surface area contributed by atoms with Gasteiger partial charge in [0, 0.05) is 12.7 Å². The van der Waals surface area contributed by atoms with E-state index in [1.54, 1.807) is 0 Å². The minimum absolute atomic E-state index is 0.205. The molecule has 0 amide bonds. The Morgan fingerprint density at radius 2 is 2.25 bits per heavy atom. The topological polar surface area (TPSA) is 61.2 Å². The maximum Gasteiger partial charge on any atom is 0.264 e. The summed E-state index contributed by atoms with van der Waals surface area (Å²) in [5.74, 6) is 0. The molecule has 0 spiro atoms. The molecule has 1 aromatic heterocycles. The minimum atomic E-state index is -3.32. The van der Waals surface area contributed by atoms with Crippen LogP contribution in [0.3, 0.4) is 0 Å². The third-order valence-electron chi connectivity index (χ3n) is 1.95. The van der Waals surface area contributed by atoms with Crippen molar-refractivity contribution in [1.82, 2.24) is 9.78 Å². The van der Waals surface area contributed by atoms with Gasteiger partial charge in [0.1, 0.15) is 0 Å². The van der Waals surface area contributed by atoms with Crippen molar-refractivity contribution < 1.29 is 12.6 Å². The van der Waals surface area contributed by atoms with Gasteiger partial charge in [-0.05, 0) is 35.4 Å². The van der Waals surface area contributed by atoms with Crippen molar-refractivity contribution in [3.63, 3.8) is 0 Å². The summed E-state index contributed by atoms with van der Waals surface area (Å²) in [6.45, 7) is 2.93. The second-order valence-corrected chi connectivity index (χ2v) is 6.23. The second kappa shape index (κ2) is 5.97. The molecule has 0 aliphatic rings. The number of halogens is 1. The third-order valence-corrected chi connectivity index (χ3v) is 3.45. The van der Waals surface area contributed by atoms with E-state index in [0.717, 1.165) is 21.9 Å². The smallest absolute Gasteiger partial charge is 0.264 e. The first kappa shape index (κ1) is 13.9. The molecular formula is C9H15IN2O3S. The zero-order chi connectivity index (χ0) is 12.2. The van der Waals surface area contributed by atoms with Gasteiger partial charge < -0.3 is 0 Å². The molecule has 0 radical (unpaired) electrons. The molecule has 0 bridgehead atoms. The predicted octanol–water partition coefficient (Wildman–Crippen LogP) is 1.42. The van der Waals surface area contributed by atoms with Crippen LogP contribution in [-0.4, -0.2) is 31.1 Å². The molecule has 0 unspecified atom stereocenters. The summed E-state index contributed by atoms with van der Waals surface area (Å²) >= 11 is 2.24. The van der Waals surface area contributed by atoms with Crippen LogP contribution in [0, 0.1) is 3.57 Å². The summed E-state index contributed by atoms with van der Waals surface area (Å²) in [6, 6.07) is 0. The van der Waals surface area contributed by atoms with Gasteiger partial charge >= 0.3 is 0 Å². The predicted molar refractivity (Wildman–Crippen MR) is 69.7 cm³/mol. The lowest BCUT2D eigenvalue weighted by atomic mass is 10.3. The highest BCUT2D eigenvalue weighted by Gasteiger charge is 2.05. The molecule has 0 atom stereocenters. The van der Waals surface area contributed by atoms with Gasteiger partial charge in [-0.3, -0.25) is 8.86 Å². The van der Waals surface area contributed by atoms with Crippen molar-refractivity contribution >= 4 is 32.7 Å². The molecule has 0 saturated carbocycles. The summed E-state index contributed by atoms with van der Waals surface area (Å²) in [6.07, 6.45) is 4.55. The quantitative estimate of drug-likeness (QED) is 0.438. The fraction of sp³-hybridized carbons (Fsp3) is 0.667. The van der Waals surface area contributed by atoms with Crippen LogP contribution in [0.2, 0.25) is 0 Å². The first-order valence-corrected chi connectivity index (χ1v) is 7.88. The zero-order valence-corrected chi connectivity index (χ0v) is 12.3. The lowest BCUT2D eigenvalue weighted by Crippen LogP contribution is -2.07. The van der Waals surface area contributed by atoms with Crippen LogP contribution in [0.4, 0.5) is 0 Å². The van der Waals surface area contributed by atoms with Gasteiger partial charge in [-0.1, -0.05) is 6.92 Å². The van der Waals surface area contributed by atoms with Gasteiger partial charge in [0.15, 0.2) is 0 Å². The van der Waals surface area contributed by atoms with Crippen molar-refractivity contribution in [3.05, 3.63) is 15.5 Å². The van der Waals surface area contributed by atoms with E-state index in [-0.39, 0.29) is 6.61 Å². The molecule has 0 N–H and O–H groups in total. The van der Waals surface area contributed by atoms with Crippen molar-refractivity contribution in [2.45, 2.75) is 26.3 Å². The van der Waals surface area contributed by atoms with E-state index >= 15 is 0 Å². The standard InChI is InChI=1S/C9H15IN2O3S/c1-3-9-8(10)7-12(11-9)5-4-6-15-16(2,13)14/h7H,3-6H2,1-2H3.